The fourth-order valence-electron chi connectivity index (χ4n) is 3.61. The molecule has 2 aromatic carbocycles. The zero-order valence-electron chi connectivity index (χ0n) is 21.8. The summed E-state index contributed by atoms with van der Waals surface area (Å²) in [7, 11) is 0. The van der Waals surface area contributed by atoms with Gasteiger partial charge in [-0.25, -0.2) is 4.79 Å². The molecular formula is C28H37N3O5. The lowest BCUT2D eigenvalue weighted by atomic mass is 9.95. The number of rotatable bonds is 9. The lowest BCUT2D eigenvalue weighted by Gasteiger charge is -2.25. The summed E-state index contributed by atoms with van der Waals surface area (Å²) in [5.41, 5.74) is 2.75. The maximum atomic E-state index is 13.1. The number of phenolic OH excluding ortho intramolecular Hbond substituents is 1. The predicted octanol–water partition coefficient (Wildman–Crippen LogP) is 3.82. The molecule has 0 aliphatic rings. The van der Waals surface area contributed by atoms with Gasteiger partial charge in [-0.1, -0.05) is 36.4 Å². The topological polar surface area (TPSA) is 117 Å². The molecule has 36 heavy (non-hydrogen) atoms. The van der Waals surface area contributed by atoms with E-state index < -0.39 is 29.7 Å². The monoisotopic (exact) mass is 495 g/mol. The van der Waals surface area contributed by atoms with Gasteiger partial charge in [0.25, 0.3) is 0 Å². The molecule has 0 bridgehead atoms. The summed E-state index contributed by atoms with van der Waals surface area (Å²) in [6.07, 6.45) is 3.46. The lowest BCUT2D eigenvalue weighted by molar-refractivity contribution is -0.129. The van der Waals surface area contributed by atoms with E-state index in [1.807, 2.05) is 50.3 Å². The highest BCUT2D eigenvalue weighted by Crippen LogP contribution is 2.22. The van der Waals surface area contributed by atoms with Crippen LogP contribution in [-0.4, -0.2) is 40.7 Å². The van der Waals surface area contributed by atoms with Crippen LogP contribution < -0.4 is 16.0 Å². The Labute approximate surface area is 213 Å². The Hall–Kier alpha value is -3.81. The Morgan fingerprint density at radius 3 is 2.19 bits per heavy atom. The molecular weight excluding hydrogens is 458 g/mol. The van der Waals surface area contributed by atoms with Gasteiger partial charge in [0, 0.05) is 12.6 Å². The number of benzene rings is 2. The normalized spacial score (nSPS) is 13.1. The van der Waals surface area contributed by atoms with Crippen molar-refractivity contribution in [3.63, 3.8) is 0 Å². The lowest BCUT2D eigenvalue weighted by Crippen LogP contribution is -2.53. The third-order valence-electron chi connectivity index (χ3n) is 5.39. The maximum absolute atomic E-state index is 13.1. The van der Waals surface area contributed by atoms with Gasteiger partial charge in [-0.2, -0.15) is 0 Å². The van der Waals surface area contributed by atoms with E-state index in [0.29, 0.717) is 6.42 Å². The van der Waals surface area contributed by atoms with E-state index in [9.17, 15) is 19.5 Å². The third kappa shape index (κ3) is 9.44. The van der Waals surface area contributed by atoms with E-state index in [-0.39, 0.29) is 18.1 Å². The van der Waals surface area contributed by atoms with Gasteiger partial charge in [-0.3, -0.25) is 9.59 Å². The van der Waals surface area contributed by atoms with E-state index >= 15 is 0 Å². The maximum Gasteiger partial charge on any atom is 0.408 e. The Morgan fingerprint density at radius 2 is 1.61 bits per heavy atom. The number of nitrogens with one attached hydrogen (secondary N) is 3. The highest BCUT2D eigenvalue weighted by atomic mass is 16.6. The number of carbonyl (C=O) groups is 3. The van der Waals surface area contributed by atoms with E-state index in [2.05, 4.69) is 16.0 Å². The van der Waals surface area contributed by atoms with E-state index in [1.54, 1.807) is 46.0 Å². The molecule has 0 radical (unpaired) electrons. The van der Waals surface area contributed by atoms with Crippen LogP contribution in [0.15, 0.2) is 54.7 Å². The first kappa shape index (κ1) is 28.4. The molecule has 4 N–H and O–H groups in total. The zero-order valence-corrected chi connectivity index (χ0v) is 21.8. The molecule has 0 spiro atoms. The molecule has 0 aliphatic carbocycles. The van der Waals surface area contributed by atoms with Crippen LogP contribution in [0.5, 0.6) is 5.75 Å². The van der Waals surface area contributed by atoms with Gasteiger partial charge >= 0.3 is 6.09 Å². The summed E-state index contributed by atoms with van der Waals surface area (Å²) in [6, 6.07) is 11.2. The molecule has 194 valence electrons. The van der Waals surface area contributed by atoms with Crippen molar-refractivity contribution < 1.29 is 24.2 Å². The number of amides is 3. The molecule has 8 heteroatoms. The number of aromatic hydroxyl groups is 1. The molecule has 0 aromatic heterocycles. The molecule has 3 amide bonds. The number of hydrogen-bond acceptors (Lipinski definition) is 5. The fourth-order valence-corrected chi connectivity index (χ4v) is 3.61. The summed E-state index contributed by atoms with van der Waals surface area (Å²) in [5, 5.41) is 17.8. The summed E-state index contributed by atoms with van der Waals surface area (Å²) in [4.78, 5) is 38.1. The van der Waals surface area contributed by atoms with Gasteiger partial charge < -0.3 is 25.8 Å². The molecule has 0 saturated carbocycles. The molecule has 0 unspecified atom stereocenters. The summed E-state index contributed by atoms with van der Waals surface area (Å²) in [5.74, 6) is -0.787. The second-order valence-corrected chi connectivity index (χ2v) is 9.79. The molecule has 2 aromatic rings. The van der Waals surface area contributed by atoms with Crippen molar-refractivity contribution in [2.75, 3.05) is 0 Å². The second-order valence-electron chi connectivity index (χ2n) is 9.79. The van der Waals surface area contributed by atoms with Gasteiger partial charge in [0.1, 0.15) is 23.4 Å². The van der Waals surface area contributed by atoms with Gasteiger partial charge in [-0.15, -0.1) is 0 Å². The minimum absolute atomic E-state index is 0.125. The molecule has 2 rings (SSSR count). The van der Waals surface area contributed by atoms with E-state index in [0.717, 1.165) is 22.3 Å². The van der Waals surface area contributed by atoms with Crippen molar-refractivity contribution in [3.8, 4) is 5.75 Å². The van der Waals surface area contributed by atoms with Crippen LogP contribution in [0.1, 0.15) is 49.9 Å². The summed E-state index contributed by atoms with van der Waals surface area (Å²) >= 11 is 0. The van der Waals surface area contributed by atoms with Crippen molar-refractivity contribution in [3.05, 3.63) is 77.0 Å². The third-order valence-corrected chi connectivity index (χ3v) is 5.39. The Balaban J connectivity index is 2.07. The summed E-state index contributed by atoms with van der Waals surface area (Å²) < 4.78 is 5.33. The van der Waals surface area contributed by atoms with Gasteiger partial charge in [0.2, 0.25) is 11.8 Å². The van der Waals surface area contributed by atoms with Crippen LogP contribution in [0.2, 0.25) is 0 Å². The number of alkyl carbamates (subject to hydrolysis) is 1. The minimum Gasteiger partial charge on any atom is -0.508 e. The Kier molecular flexibility index (Phi) is 10.1. The number of hydrogen-bond donors (Lipinski definition) is 4. The van der Waals surface area contributed by atoms with Crippen molar-refractivity contribution in [2.45, 2.75) is 72.1 Å². The molecule has 0 heterocycles. The van der Waals surface area contributed by atoms with Crippen molar-refractivity contribution >= 4 is 17.9 Å². The zero-order chi connectivity index (χ0) is 26.9. The largest absolute Gasteiger partial charge is 0.508 e. The quantitative estimate of drug-likeness (QED) is 0.422. The van der Waals surface area contributed by atoms with Crippen molar-refractivity contribution in [1.82, 2.24) is 16.0 Å². The standard InChI is InChI=1S/C28H37N3O5/c1-18-15-22(32)16-19(2)23(18)17-24(31-27(35)36-28(4,5)6)26(34)30-20(3)25(33)29-14-10-13-21-11-8-7-9-12-21/h7-12,14-16,20,24,32H,13,17H2,1-6H3,(H,29,33)(H,30,34)(H,31,35)/b14-10-/t20-,24+/m1/s1. The van der Waals surface area contributed by atoms with Crippen LogP contribution >= 0.6 is 0 Å². The van der Waals surface area contributed by atoms with E-state index in [4.69, 9.17) is 4.74 Å². The van der Waals surface area contributed by atoms with Crippen LogP contribution in [-0.2, 0) is 27.2 Å². The number of allylic oxidation sites excluding steroid dienone is 1. The average Bonchev–Trinajstić information content (AvgIpc) is 2.77. The predicted molar refractivity (Wildman–Crippen MR) is 139 cm³/mol. The minimum atomic E-state index is -0.995. The van der Waals surface area contributed by atoms with Gasteiger partial charge in [-0.05, 0) is 82.3 Å². The molecule has 0 aliphatic heterocycles. The summed E-state index contributed by atoms with van der Waals surface area (Å²) in [6.45, 7) is 10.4. The molecule has 2 atom stereocenters. The highest BCUT2D eigenvalue weighted by molar-refractivity contribution is 5.91. The first-order chi connectivity index (χ1) is 16.9. The number of phenols is 1. The van der Waals surface area contributed by atoms with E-state index in [1.165, 1.54) is 0 Å². The molecule has 8 nitrogen and oxygen atoms in total. The Bertz CT molecular complexity index is 1070. The van der Waals surface area contributed by atoms with Gasteiger partial charge in [0.15, 0.2) is 0 Å². The van der Waals surface area contributed by atoms with Gasteiger partial charge in [0.05, 0.1) is 0 Å². The van der Waals surface area contributed by atoms with Crippen LogP contribution in [0.4, 0.5) is 4.79 Å². The number of ether oxygens (including phenoxy) is 1. The van der Waals surface area contributed by atoms with Crippen molar-refractivity contribution in [1.29, 1.82) is 0 Å². The molecule has 0 saturated heterocycles. The van der Waals surface area contributed by atoms with Crippen LogP contribution in [0.25, 0.3) is 0 Å². The first-order valence-electron chi connectivity index (χ1n) is 11.9. The SMILES string of the molecule is Cc1cc(O)cc(C)c1C[C@H](NC(=O)OC(C)(C)C)C(=O)N[C@H](C)C(=O)N/C=C\Cc1ccccc1. The van der Waals surface area contributed by atoms with Crippen LogP contribution in [0.3, 0.4) is 0 Å². The first-order valence-corrected chi connectivity index (χ1v) is 11.9. The molecule has 0 fully saturated rings. The smallest absolute Gasteiger partial charge is 0.408 e. The highest BCUT2D eigenvalue weighted by Gasteiger charge is 2.28. The number of carbonyl (C=O) groups excluding carboxylic acids is 3. The Morgan fingerprint density at radius 1 is 1.00 bits per heavy atom. The van der Waals surface area contributed by atoms with Crippen LogP contribution in [0, 0.1) is 13.8 Å². The number of aryl methyl sites for hydroxylation is 2. The average molecular weight is 496 g/mol. The fraction of sp³-hybridized carbons (Fsp3) is 0.393. The second kappa shape index (κ2) is 12.8. The van der Waals surface area contributed by atoms with Crippen molar-refractivity contribution in [2.24, 2.45) is 0 Å².